The number of hydrogen-bond donors (Lipinski definition) is 1. The second kappa shape index (κ2) is 9.62. The largest absolute Gasteiger partial charge is 0.416 e. The lowest BCUT2D eigenvalue weighted by molar-refractivity contribution is -0.137. The smallest absolute Gasteiger partial charge is 0.325 e. The van der Waals surface area contributed by atoms with E-state index >= 15 is 0 Å². The highest BCUT2D eigenvalue weighted by molar-refractivity contribution is 7.21. The van der Waals surface area contributed by atoms with E-state index in [4.69, 9.17) is 0 Å². The third-order valence-corrected chi connectivity index (χ3v) is 6.73. The number of fused-ring (bicyclic) bond motifs is 1. The van der Waals surface area contributed by atoms with Gasteiger partial charge in [0.15, 0.2) is 0 Å². The summed E-state index contributed by atoms with van der Waals surface area (Å²) < 4.78 is 40.5. The first-order valence-electron chi connectivity index (χ1n) is 11.2. The quantitative estimate of drug-likeness (QED) is 0.302. The van der Waals surface area contributed by atoms with Crippen LogP contribution in [0.15, 0.2) is 83.9 Å². The number of alkyl halides is 3. The van der Waals surface area contributed by atoms with Crippen molar-refractivity contribution in [1.82, 2.24) is 14.5 Å². The lowest BCUT2D eigenvalue weighted by Gasteiger charge is -2.09. The van der Waals surface area contributed by atoms with Crippen LogP contribution in [0.5, 0.6) is 0 Å². The maximum atomic E-state index is 12.8. The summed E-state index contributed by atoms with van der Waals surface area (Å²) in [5.74, 6) is -0.422. The minimum atomic E-state index is -4.45. The molecule has 0 atom stereocenters. The van der Waals surface area contributed by atoms with Crippen molar-refractivity contribution in [2.24, 2.45) is 0 Å². The summed E-state index contributed by atoms with van der Waals surface area (Å²) >= 11 is 1.60. The maximum absolute atomic E-state index is 12.8. The van der Waals surface area contributed by atoms with Crippen molar-refractivity contribution in [3.63, 3.8) is 0 Å². The van der Waals surface area contributed by atoms with Crippen LogP contribution < -0.4 is 10.9 Å². The molecule has 37 heavy (non-hydrogen) atoms. The molecule has 0 aliphatic heterocycles. The fourth-order valence-corrected chi connectivity index (χ4v) is 4.81. The number of nitrogens with zero attached hydrogens (tertiary/aromatic N) is 3. The van der Waals surface area contributed by atoms with Crippen molar-refractivity contribution in [1.29, 1.82) is 0 Å². The van der Waals surface area contributed by atoms with E-state index in [1.165, 1.54) is 30.1 Å². The van der Waals surface area contributed by atoms with Gasteiger partial charge in [-0.25, -0.2) is 9.97 Å². The van der Waals surface area contributed by atoms with Crippen LogP contribution in [0.25, 0.3) is 32.0 Å². The number of aromatic nitrogens is 3. The Labute approximate surface area is 213 Å². The van der Waals surface area contributed by atoms with Crippen LogP contribution in [0, 0.1) is 6.92 Å². The zero-order valence-electron chi connectivity index (χ0n) is 19.4. The molecule has 0 saturated heterocycles. The van der Waals surface area contributed by atoms with E-state index in [1.54, 1.807) is 23.5 Å². The number of thiazole rings is 1. The summed E-state index contributed by atoms with van der Waals surface area (Å²) in [6.45, 7) is 1.77. The van der Waals surface area contributed by atoms with Gasteiger partial charge >= 0.3 is 6.18 Å². The minimum absolute atomic E-state index is 0.218. The molecule has 5 aromatic rings. The van der Waals surface area contributed by atoms with Gasteiger partial charge in [-0.1, -0.05) is 18.2 Å². The average molecular weight is 521 g/mol. The second-order valence-electron chi connectivity index (χ2n) is 8.43. The summed E-state index contributed by atoms with van der Waals surface area (Å²) in [5, 5.41) is 3.63. The molecule has 0 fully saturated rings. The molecule has 1 N–H and O–H groups in total. The van der Waals surface area contributed by atoms with Gasteiger partial charge in [-0.15, -0.1) is 11.3 Å². The van der Waals surface area contributed by atoms with Gasteiger partial charge in [-0.3, -0.25) is 14.2 Å². The number of anilines is 1. The molecule has 3 aromatic carbocycles. The Morgan fingerprint density at radius 3 is 2.35 bits per heavy atom. The Bertz CT molecular complexity index is 1660. The maximum Gasteiger partial charge on any atom is 0.416 e. The third kappa shape index (κ3) is 5.44. The van der Waals surface area contributed by atoms with Crippen molar-refractivity contribution in [3.8, 4) is 21.8 Å². The Morgan fingerprint density at radius 2 is 1.68 bits per heavy atom. The first-order valence-corrected chi connectivity index (χ1v) is 12.0. The van der Waals surface area contributed by atoms with Crippen LogP contribution in [0.4, 0.5) is 18.9 Å². The lowest BCUT2D eigenvalue weighted by atomic mass is 10.1. The van der Waals surface area contributed by atoms with E-state index in [1.807, 2.05) is 31.2 Å². The predicted molar refractivity (Wildman–Crippen MR) is 137 cm³/mol. The van der Waals surface area contributed by atoms with Gasteiger partial charge in [0.05, 0.1) is 27.8 Å². The number of hydrogen-bond acceptors (Lipinski definition) is 5. The average Bonchev–Trinajstić information content (AvgIpc) is 3.28. The predicted octanol–water partition coefficient (Wildman–Crippen LogP) is 6.15. The van der Waals surface area contributed by atoms with Gasteiger partial charge in [0.2, 0.25) is 5.91 Å². The van der Waals surface area contributed by atoms with Crippen LogP contribution in [0.2, 0.25) is 0 Å². The van der Waals surface area contributed by atoms with Crippen molar-refractivity contribution >= 4 is 33.1 Å². The molecule has 0 spiro atoms. The van der Waals surface area contributed by atoms with Gasteiger partial charge in [0.1, 0.15) is 11.6 Å². The Kier molecular flexibility index (Phi) is 6.34. The molecule has 2 aromatic heterocycles. The highest BCUT2D eigenvalue weighted by Crippen LogP contribution is 2.32. The molecule has 6 nitrogen and oxygen atoms in total. The van der Waals surface area contributed by atoms with E-state index < -0.39 is 23.2 Å². The number of benzene rings is 3. The molecule has 0 unspecified atom stereocenters. The second-order valence-corrected chi connectivity index (χ2v) is 9.46. The van der Waals surface area contributed by atoms with Gasteiger partial charge in [-0.05, 0) is 61.0 Å². The van der Waals surface area contributed by atoms with Crippen molar-refractivity contribution in [2.45, 2.75) is 19.6 Å². The Morgan fingerprint density at radius 1 is 0.973 bits per heavy atom. The Hall–Kier alpha value is -4.31. The van der Waals surface area contributed by atoms with E-state index in [0.29, 0.717) is 11.3 Å². The Balaban J connectivity index is 1.24. The first kappa shape index (κ1) is 24.4. The molecule has 2 heterocycles. The molecule has 5 rings (SSSR count). The molecule has 1 amide bonds. The number of amides is 1. The topological polar surface area (TPSA) is 76.9 Å². The molecule has 0 radical (unpaired) electrons. The SMILES string of the molecule is Cc1ccc2nc(-c3ccc(NC(=O)Cn4cnc(-c5ccc(C(F)(F)F)cc5)cc4=O)cc3)sc2c1. The lowest BCUT2D eigenvalue weighted by Crippen LogP contribution is -2.27. The molecule has 10 heteroatoms. The van der Waals surface area contributed by atoms with E-state index in [-0.39, 0.29) is 12.2 Å². The zero-order chi connectivity index (χ0) is 26.2. The monoisotopic (exact) mass is 520 g/mol. The van der Waals surface area contributed by atoms with E-state index in [0.717, 1.165) is 37.5 Å². The number of nitrogens with one attached hydrogen (secondary N) is 1. The first-order chi connectivity index (χ1) is 17.7. The van der Waals surface area contributed by atoms with Gasteiger partial charge in [0.25, 0.3) is 5.56 Å². The number of rotatable bonds is 5. The normalized spacial score (nSPS) is 11.6. The van der Waals surface area contributed by atoms with Crippen LogP contribution in [-0.4, -0.2) is 20.4 Å². The highest BCUT2D eigenvalue weighted by atomic mass is 32.1. The fraction of sp³-hybridized carbons (Fsp3) is 0.111. The molecule has 0 aliphatic rings. The number of carbonyl (C=O) groups excluding carboxylic acids is 1. The van der Waals surface area contributed by atoms with Crippen LogP contribution >= 0.6 is 11.3 Å². The molecule has 186 valence electrons. The summed E-state index contributed by atoms with van der Waals surface area (Å²) in [6.07, 6.45) is -3.25. The molecule has 0 bridgehead atoms. The van der Waals surface area contributed by atoms with Crippen LogP contribution in [0.1, 0.15) is 11.1 Å². The van der Waals surface area contributed by atoms with E-state index in [2.05, 4.69) is 21.4 Å². The van der Waals surface area contributed by atoms with Crippen molar-refractivity contribution in [3.05, 3.63) is 101 Å². The van der Waals surface area contributed by atoms with Crippen molar-refractivity contribution < 1.29 is 18.0 Å². The van der Waals surface area contributed by atoms with E-state index in [9.17, 15) is 22.8 Å². The number of carbonyl (C=O) groups is 1. The molecular weight excluding hydrogens is 501 g/mol. The summed E-state index contributed by atoms with van der Waals surface area (Å²) in [6, 6.07) is 18.9. The van der Waals surface area contributed by atoms with Gasteiger partial charge in [0, 0.05) is 22.9 Å². The van der Waals surface area contributed by atoms with Crippen molar-refractivity contribution in [2.75, 3.05) is 5.32 Å². The fourth-order valence-electron chi connectivity index (χ4n) is 3.74. The third-order valence-electron chi connectivity index (χ3n) is 5.66. The molecule has 0 saturated carbocycles. The van der Waals surface area contributed by atoms with Gasteiger partial charge < -0.3 is 5.32 Å². The number of aryl methyl sites for hydroxylation is 1. The summed E-state index contributed by atoms with van der Waals surface area (Å²) in [4.78, 5) is 33.8. The summed E-state index contributed by atoms with van der Waals surface area (Å²) in [7, 11) is 0. The standard InChI is InChI=1S/C27H19F3N4O2S/c1-16-2-11-21-23(12-16)37-26(33-21)18-5-9-20(10-6-18)32-24(35)14-34-15-31-22(13-25(34)36)17-3-7-19(8-4-17)27(28,29)30/h2-13,15H,14H2,1H3,(H,32,35). The molecule has 0 aliphatic carbocycles. The highest BCUT2D eigenvalue weighted by Gasteiger charge is 2.30. The van der Waals surface area contributed by atoms with Gasteiger partial charge in [-0.2, -0.15) is 13.2 Å². The minimum Gasteiger partial charge on any atom is -0.325 e. The molecular formula is C27H19F3N4O2S. The van der Waals surface area contributed by atoms with Crippen LogP contribution in [0.3, 0.4) is 0 Å². The van der Waals surface area contributed by atoms with Crippen LogP contribution in [-0.2, 0) is 17.5 Å². The zero-order valence-corrected chi connectivity index (χ0v) is 20.2. The number of halogens is 3. The summed E-state index contributed by atoms with van der Waals surface area (Å²) in [5.41, 5.74) is 2.90.